The van der Waals surface area contributed by atoms with Crippen molar-refractivity contribution < 1.29 is 5.11 Å². The highest BCUT2D eigenvalue weighted by Gasteiger charge is 2.23. The first-order chi connectivity index (χ1) is 9.63. The molecule has 0 aliphatic carbocycles. The summed E-state index contributed by atoms with van der Waals surface area (Å²) in [5.41, 5.74) is 7.14. The molecule has 0 radical (unpaired) electrons. The molecule has 2 aromatic carbocycles. The number of phenols is 1. The SMILES string of the molecule is Cc1ccc(O)c(C2CC(c3ccc(Cl)cc3)=NN2)c1. The molecule has 1 aliphatic rings. The first-order valence-corrected chi connectivity index (χ1v) is 6.89. The van der Waals surface area contributed by atoms with E-state index in [-0.39, 0.29) is 6.04 Å². The number of hydrogen-bond donors (Lipinski definition) is 2. The van der Waals surface area contributed by atoms with Crippen LogP contribution in [0.1, 0.15) is 29.2 Å². The monoisotopic (exact) mass is 286 g/mol. The van der Waals surface area contributed by atoms with E-state index >= 15 is 0 Å². The number of halogens is 1. The van der Waals surface area contributed by atoms with Gasteiger partial charge in [0, 0.05) is 17.0 Å². The third-order valence-electron chi connectivity index (χ3n) is 3.49. The number of hydrogen-bond acceptors (Lipinski definition) is 3. The molecule has 1 atom stereocenters. The predicted octanol–water partition coefficient (Wildman–Crippen LogP) is 3.79. The second-order valence-electron chi connectivity index (χ2n) is 5.01. The van der Waals surface area contributed by atoms with Gasteiger partial charge >= 0.3 is 0 Å². The fraction of sp³-hybridized carbons (Fsp3) is 0.188. The van der Waals surface area contributed by atoms with E-state index in [1.54, 1.807) is 6.07 Å². The maximum atomic E-state index is 9.98. The summed E-state index contributed by atoms with van der Waals surface area (Å²) in [4.78, 5) is 0. The molecule has 3 rings (SSSR count). The average Bonchev–Trinajstić information content (AvgIpc) is 2.92. The van der Waals surface area contributed by atoms with Crippen LogP contribution in [0.2, 0.25) is 5.02 Å². The van der Waals surface area contributed by atoms with Gasteiger partial charge in [0.25, 0.3) is 0 Å². The van der Waals surface area contributed by atoms with Gasteiger partial charge in [0.05, 0.1) is 11.8 Å². The summed E-state index contributed by atoms with van der Waals surface area (Å²) in [6.07, 6.45) is 0.749. The summed E-state index contributed by atoms with van der Waals surface area (Å²) in [5.74, 6) is 0.306. The van der Waals surface area contributed by atoms with E-state index < -0.39 is 0 Å². The van der Waals surface area contributed by atoms with Crippen molar-refractivity contribution >= 4 is 17.3 Å². The van der Waals surface area contributed by atoms with E-state index in [1.165, 1.54) is 0 Å². The summed E-state index contributed by atoms with van der Waals surface area (Å²) in [5, 5.41) is 15.1. The van der Waals surface area contributed by atoms with Gasteiger partial charge in [0.15, 0.2) is 0 Å². The predicted molar refractivity (Wildman–Crippen MR) is 81.3 cm³/mol. The van der Waals surface area contributed by atoms with Crippen LogP contribution in [0.3, 0.4) is 0 Å². The smallest absolute Gasteiger partial charge is 0.120 e. The molecular formula is C16H15ClN2O. The molecule has 1 heterocycles. The lowest BCUT2D eigenvalue weighted by atomic mass is 9.97. The Bertz CT molecular complexity index is 665. The van der Waals surface area contributed by atoms with Gasteiger partial charge in [0.2, 0.25) is 0 Å². The lowest BCUT2D eigenvalue weighted by molar-refractivity contribution is 0.455. The molecule has 2 N–H and O–H groups in total. The highest BCUT2D eigenvalue weighted by Crippen LogP contribution is 2.31. The van der Waals surface area contributed by atoms with Gasteiger partial charge in [-0.2, -0.15) is 5.10 Å². The van der Waals surface area contributed by atoms with Gasteiger partial charge in [-0.1, -0.05) is 41.4 Å². The fourth-order valence-corrected chi connectivity index (χ4v) is 2.52. The number of hydrazone groups is 1. The van der Waals surface area contributed by atoms with Crippen LogP contribution in [0.5, 0.6) is 5.75 Å². The quantitative estimate of drug-likeness (QED) is 0.882. The van der Waals surface area contributed by atoms with E-state index in [2.05, 4.69) is 10.5 Å². The number of aromatic hydroxyl groups is 1. The van der Waals surface area contributed by atoms with E-state index in [4.69, 9.17) is 11.6 Å². The maximum absolute atomic E-state index is 9.98. The van der Waals surface area contributed by atoms with Crippen molar-refractivity contribution in [3.63, 3.8) is 0 Å². The molecule has 3 nitrogen and oxygen atoms in total. The zero-order valence-corrected chi connectivity index (χ0v) is 11.9. The molecule has 0 saturated heterocycles. The number of nitrogens with zero attached hydrogens (tertiary/aromatic N) is 1. The Labute approximate surface area is 122 Å². The Balaban J connectivity index is 1.82. The number of phenolic OH excluding ortho intramolecular Hbond substituents is 1. The van der Waals surface area contributed by atoms with Gasteiger partial charge in [-0.25, -0.2) is 0 Å². The second-order valence-corrected chi connectivity index (χ2v) is 5.45. The average molecular weight is 287 g/mol. The molecule has 2 aromatic rings. The largest absolute Gasteiger partial charge is 0.508 e. The van der Waals surface area contributed by atoms with Crippen LogP contribution in [0, 0.1) is 6.92 Å². The van der Waals surface area contributed by atoms with Crippen molar-refractivity contribution in [3.8, 4) is 5.75 Å². The van der Waals surface area contributed by atoms with Crippen molar-refractivity contribution in [2.24, 2.45) is 5.10 Å². The van der Waals surface area contributed by atoms with Gasteiger partial charge < -0.3 is 10.5 Å². The number of aryl methyl sites for hydroxylation is 1. The zero-order valence-electron chi connectivity index (χ0n) is 11.1. The third-order valence-corrected chi connectivity index (χ3v) is 3.74. The Morgan fingerprint density at radius 1 is 1.20 bits per heavy atom. The minimum atomic E-state index is 0.0144. The molecular weight excluding hydrogens is 272 g/mol. The fourth-order valence-electron chi connectivity index (χ4n) is 2.40. The summed E-state index contributed by atoms with van der Waals surface area (Å²) in [6.45, 7) is 2.01. The lowest BCUT2D eigenvalue weighted by Crippen LogP contribution is -2.10. The summed E-state index contributed by atoms with van der Waals surface area (Å²) in [7, 11) is 0. The summed E-state index contributed by atoms with van der Waals surface area (Å²) >= 11 is 5.89. The molecule has 0 aromatic heterocycles. The van der Waals surface area contributed by atoms with Gasteiger partial charge in [-0.15, -0.1) is 0 Å². The van der Waals surface area contributed by atoms with Crippen LogP contribution in [0.15, 0.2) is 47.6 Å². The first-order valence-electron chi connectivity index (χ1n) is 6.51. The van der Waals surface area contributed by atoms with Crippen molar-refractivity contribution in [2.45, 2.75) is 19.4 Å². The normalized spacial score (nSPS) is 17.7. The van der Waals surface area contributed by atoms with Gasteiger partial charge in [0.1, 0.15) is 5.75 Å². The number of nitrogens with one attached hydrogen (secondary N) is 1. The first kappa shape index (κ1) is 13.0. The highest BCUT2D eigenvalue weighted by atomic mass is 35.5. The maximum Gasteiger partial charge on any atom is 0.120 e. The van der Waals surface area contributed by atoms with E-state index in [9.17, 15) is 5.11 Å². The number of rotatable bonds is 2. The molecule has 1 unspecified atom stereocenters. The third kappa shape index (κ3) is 2.49. The zero-order chi connectivity index (χ0) is 14.1. The lowest BCUT2D eigenvalue weighted by Gasteiger charge is -2.12. The van der Waals surface area contributed by atoms with Crippen molar-refractivity contribution in [3.05, 3.63) is 64.2 Å². The molecule has 0 fully saturated rings. The van der Waals surface area contributed by atoms with E-state index in [0.29, 0.717) is 10.8 Å². The molecule has 4 heteroatoms. The van der Waals surface area contributed by atoms with Gasteiger partial charge in [-0.05, 0) is 30.7 Å². The Morgan fingerprint density at radius 3 is 2.70 bits per heavy atom. The van der Waals surface area contributed by atoms with Crippen LogP contribution in [-0.4, -0.2) is 10.8 Å². The molecule has 20 heavy (non-hydrogen) atoms. The van der Waals surface area contributed by atoms with Crippen molar-refractivity contribution in [1.82, 2.24) is 5.43 Å². The molecule has 102 valence electrons. The topological polar surface area (TPSA) is 44.6 Å². The standard InChI is InChI=1S/C16H15ClN2O/c1-10-2-7-16(20)13(8-10)15-9-14(18-19-15)11-3-5-12(17)6-4-11/h2-8,15,19-20H,9H2,1H3. The summed E-state index contributed by atoms with van der Waals surface area (Å²) < 4.78 is 0. The van der Waals surface area contributed by atoms with E-state index in [1.807, 2.05) is 43.3 Å². The molecule has 0 spiro atoms. The van der Waals surface area contributed by atoms with Crippen molar-refractivity contribution in [2.75, 3.05) is 0 Å². The Kier molecular flexibility index (Phi) is 3.36. The van der Waals surface area contributed by atoms with Crippen LogP contribution in [-0.2, 0) is 0 Å². The Hall–Kier alpha value is -2.00. The van der Waals surface area contributed by atoms with Crippen LogP contribution in [0.25, 0.3) is 0 Å². The minimum absolute atomic E-state index is 0.0144. The van der Waals surface area contributed by atoms with Crippen molar-refractivity contribution in [1.29, 1.82) is 0 Å². The molecule has 0 amide bonds. The number of benzene rings is 2. The van der Waals surface area contributed by atoms with Gasteiger partial charge in [-0.3, -0.25) is 0 Å². The molecule has 0 bridgehead atoms. The molecule has 0 saturated carbocycles. The summed E-state index contributed by atoms with van der Waals surface area (Å²) in [6, 6.07) is 13.3. The second kappa shape index (κ2) is 5.17. The van der Waals surface area contributed by atoms with E-state index in [0.717, 1.165) is 28.8 Å². The minimum Gasteiger partial charge on any atom is -0.508 e. The van der Waals surface area contributed by atoms with Crippen LogP contribution < -0.4 is 5.43 Å². The molecule has 1 aliphatic heterocycles. The van der Waals surface area contributed by atoms with Crippen LogP contribution in [0.4, 0.5) is 0 Å². The highest BCUT2D eigenvalue weighted by molar-refractivity contribution is 6.30. The van der Waals surface area contributed by atoms with Crippen LogP contribution >= 0.6 is 11.6 Å². The Morgan fingerprint density at radius 2 is 1.95 bits per heavy atom.